The molecular formula is C36H29Cl2N3O4S2. The van der Waals surface area contributed by atoms with E-state index in [0.29, 0.717) is 43.6 Å². The van der Waals surface area contributed by atoms with Gasteiger partial charge >= 0.3 is 5.91 Å². The van der Waals surface area contributed by atoms with Crippen LogP contribution in [0.1, 0.15) is 46.3 Å². The quantitative estimate of drug-likeness (QED) is 0.0510. The summed E-state index contributed by atoms with van der Waals surface area (Å²) in [5.41, 5.74) is 5.19. The fraction of sp³-hybridized carbons (Fsp3) is 0.167. The number of hydrogen-bond donors (Lipinski definition) is 1. The van der Waals surface area contributed by atoms with Crippen LogP contribution in [-0.4, -0.2) is 27.0 Å². The Bertz CT molecular complexity index is 1980. The molecule has 47 heavy (non-hydrogen) atoms. The zero-order valence-electron chi connectivity index (χ0n) is 25.4. The van der Waals surface area contributed by atoms with E-state index in [-0.39, 0.29) is 16.5 Å². The highest BCUT2D eigenvalue weighted by molar-refractivity contribution is 8.00. The lowest BCUT2D eigenvalue weighted by atomic mass is 9.94. The lowest BCUT2D eigenvalue weighted by molar-refractivity contribution is -0.132. The molecule has 1 saturated heterocycles. The summed E-state index contributed by atoms with van der Waals surface area (Å²) >= 11 is 15.0. The van der Waals surface area contributed by atoms with Crippen LogP contribution in [0.15, 0.2) is 101 Å². The van der Waals surface area contributed by atoms with Crippen LogP contribution in [0.2, 0.25) is 10.0 Å². The molecule has 238 valence electrons. The van der Waals surface area contributed by atoms with Crippen molar-refractivity contribution in [2.24, 2.45) is 0 Å². The van der Waals surface area contributed by atoms with Crippen molar-refractivity contribution in [2.75, 3.05) is 4.90 Å². The van der Waals surface area contributed by atoms with E-state index in [1.165, 1.54) is 28.0 Å². The predicted octanol–water partition coefficient (Wildman–Crippen LogP) is 9.21. The second kappa shape index (κ2) is 14.3. The van der Waals surface area contributed by atoms with Gasteiger partial charge in [-0.3, -0.25) is 14.5 Å². The van der Waals surface area contributed by atoms with E-state index >= 15 is 0 Å². The number of ether oxygens (including phenoxy) is 1. The van der Waals surface area contributed by atoms with Crippen LogP contribution in [-0.2, 0) is 28.4 Å². The van der Waals surface area contributed by atoms with Crippen molar-refractivity contribution in [1.82, 2.24) is 10.2 Å². The normalized spacial score (nSPS) is 15.7. The number of carbonyl (C=O) groups excluding carboxylic acids is 2. The third-order valence-electron chi connectivity index (χ3n) is 7.73. The molecule has 0 saturated carbocycles. The number of rotatable bonds is 10. The zero-order chi connectivity index (χ0) is 33.1. The minimum absolute atomic E-state index is 0.0231. The minimum Gasteiger partial charge on any atom is -0.507 e. The van der Waals surface area contributed by atoms with Gasteiger partial charge in [0.25, 0.3) is 5.78 Å². The molecule has 0 spiro atoms. The highest BCUT2D eigenvalue weighted by Crippen LogP contribution is 2.44. The van der Waals surface area contributed by atoms with E-state index in [9.17, 15) is 14.7 Å². The maximum atomic E-state index is 13.6. The number of halogens is 2. The summed E-state index contributed by atoms with van der Waals surface area (Å²) in [5, 5.41) is 21.5. The maximum Gasteiger partial charge on any atom is 0.301 e. The molecule has 1 aromatic heterocycles. The second-order valence-corrected chi connectivity index (χ2v) is 14.0. The molecule has 0 bridgehead atoms. The van der Waals surface area contributed by atoms with Gasteiger partial charge in [-0.15, -0.1) is 10.2 Å². The van der Waals surface area contributed by atoms with Gasteiger partial charge in [0, 0.05) is 21.4 Å². The van der Waals surface area contributed by atoms with Gasteiger partial charge in [0.2, 0.25) is 5.13 Å². The number of carbonyl (C=O) groups is 2. The lowest BCUT2D eigenvalue weighted by Crippen LogP contribution is -2.29. The molecule has 1 amide bonds. The molecule has 0 radical (unpaired) electrons. The summed E-state index contributed by atoms with van der Waals surface area (Å²) in [6, 6.07) is 26.9. The van der Waals surface area contributed by atoms with Crippen molar-refractivity contribution >= 4 is 68.9 Å². The molecule has 6 rings (SSSR count). The lowest BCUT2D eigenvalue weighted by Gasteiger charge is -2.22. The summed E-state index contributed by atoms with van der Waals surface area (Å²) < 4.78 is 6.53. The number of aromatic nitrogens is 2. The topological polar surface area (TPSA) is 92.6 Å². The number of anilines is 1. The first-order chi connectivity index (χ1) is 22.7. The molecule has 1 N–H and O–H groups in total. The molecule has 1 aliphatic heterocycles. The van der Waals surface area contributed by atoms with Crippen LogP contribution in [0, 0.1) is 6.92 Å². The van der Waals surface area contributed by atoms with E-state index in [1.807, 2.05) is 62.4 Å². The summed E-state index contributed by atoms with van der Waals surface area (Å²) in [6.45, 7) is 4.46. The third kappa shape index (κ3) is 7.23. The van der Waals surface area contributed by atoms with E-state index in [4.69, 9.17) is 27.9 Å². The van der Waals surface area contributed by atoms with E-state index in [1.54, 1.807) is 36.4 Å². The first-order valence-corrected chi connectivity index (χ1v) is 17.4. The Morgan fingerprint density at radius 2 is 1.72 bits per heavy atom. The number of aliphatic hydroxyl groups excluding tert-OH is 1. The Balaban J connectivity index is 1.30. The largest absolute Gasteiger partial charge is 0.507 e. The molecule has 11 heteroatoms. The van der Waals surface area contributed by atoms with Gasteiger partial charge in [-0.1, -0.05) is 113 Å². The first kappa shape index (κ1) is 32.8. The van der Waals surface area contributed by atoms with Crippen molar-refractivity contribution in [3.05, 3.63) is 140 Å². The summed E-state index contributed by atoms with van der Waals surface area (Å²) in [4.78, 5) is 28.6. The third-order valence-corrected chi connectivity index (χ3v) is 10.4. The SMILES string of the molecule is CCc1ccc(C2/C(=C(\O)c3ccc(OCc4cccc(C)c4)cc3)C(=O)C(=O)N2c2nnc(SCc3ccc(Cl)cc3Cl)s2)cc1. The van der Waals surface area contributed by atoms with Gasteiger partial charge in [0.1, 0.15) is 18.1 Å². The monoisotopic (exact) mass is 701 g/mol. The van der Waals surface area contributed by atoms with Gasteiger partial charge in [0.05, 0.1) is 11.6 Å². The van der Waals surface area contributed by atoms with Gasteiger partial charge in [-0.05, 0) is 72.0 Å². The Labute approximate surface area is 290 Å². The van der Waals surface area contributed by atoms with Crippen molar-refractivity contribution in [3.8, 4) is 5.75 Å². The number of nitrogens with zero attached hydrogens (tertiary/aromatic N) is 3. The van der Waals surface area contributed by atoms with Crippen LogP contribution >= 0.6 is 46.3 Å². The smallest absolute Gasteiger partial charge is 0.301 e. The van der Waals surface area contributed by atoms with Crippen molar-refractivity contribution in [2.45, 2.75) is 43.0 Å². The van der Waals surface area contributed by atoms with Crippen molar-refractivity contribution < 1.29 is 19.4 Å². The molecule has 7 nitrogen and oxygen atoms in total. The molecule has 2 heterocycles. The summed E-state index contributed by atoms with van der Waals surface area (Å²) in [5.74, 6) is -0.756. The van der Waals surface area contributed by atoms with Crippen molar-refractivity contribution in [1.29, 1.82) is 0 Å². The molecule has 0 aliphatic carbocycles. The van der Waals surface area contributed by atoms with Gasteiger partial charge in [-0.2, -0.15) is 0 Å². The number of Topliss-reactive ketones (excluding diaryl/α,β-unsaturated/α-hetero) is 1. The number of amides is 1. The molecule has 4 aromatic carbocycles. The highest BCUT2D eigenvalue weighted by Gasteiger charge is 2.48. The average molecular weight is 703 g/mol. The number of aryl methyl sites for hydroxylation is 2. The number of ketones is 1. The average Bonchev–Trinajstić information content (AvgIpc) is 3.65. The predicted molar refractivity (Wildman–Crippen MR) is 188 cm³/mol. The van der Waals surface area contributed by atoms with Crippen molar-refractivity contribution in [3.63, 3.8) is 0 Å². The maximum absolute atomic E-state index is 13.6. The van der Waals surface area contributed by atoms with Crippen LogP contribution in [0.25, 0.3) is 5.76 Å². The summed E-state index contributed by atoms with van der Waals surface area (Å²) in [7, 11) is 0. The van der Waals surface area contributed by atoms with E-state index in [0.717, 1.165) is 28.7 Å². The molecule has 1 unspecified atom stereocenters. The fourth-order valence-corrected chi connectivity index (χ4v) is 7.68. The van der Waals surface area contributed by atoms with Gasteiger partial charge < -0.3 is 9.84 Å². The fourth-order valence-electron chi connectivity index (χ4n) is 5.25. The Hall–Kier alpha value is -4.15. The van der Waals surface area contributed by atoms with E-state index < -0.39 is 17.7 Å². The molecular weight excluding hydrogens is 673 g/mol. The first-order valence-electron chi connectivity index (χ1n) is 14.8. The second-order valence-electron chi connectivity index (χ2n) is 10.9. The molecule has 1 atom stereocenters. The van der Waals surface area contributed by atoms with E-state index in [2.05, 4.69) is 16.3 Å². The highest BCUT2D eigenvalue weighted by atomic mass is 35.5. The van der Waals surface area contributed by atoms with Crippen LogP contribution in [0.4, 0.5) is 5.13 Å². The summed E-state index contributed by atoms with van der Waals surface area (Å²) in [6.07, 6.45) is 0.827. The molecule has 5 aromatic rings. The Kier molecular flexibility index (Phi) is 9.98. The Morgan fingerprint density at radius 1 is 0.957 bits per heavy atom. The van der Waals surface area contributed by atoms with Gasteiger partial charge in [-0.25, -0.2) is 0 Å². The molecule has 1 aliphatic rings. The van der Waals surface area contributed by atoms with Gasteiger partial charge in [0.15, 0.2) is 4.34 Å². The minimum atomic E-state index is -0.908. The Morgan fingerprint density at radius 3 is 2.43 bits per heavy atom. The number of hydrogen-bond acceptors (Lipinski definition) is 8. The van der Waals surface area contributed by atoms with Crippen LogP contribution in [0.3, 0.4) is 0 Å². The standard InChI is InChI=1S/C36H29Cl2N3O4S2/c1-3-22-7-9-24(10-8-22)31-30(32(42)25-12-15-28(16-13-25)45-19-23-6-4-5-21(2)17-23)33(43)34(44)41(31)35-39-40-36(47-35)46-20-26-11-14-27(37)18-29(26)38/h4-18,31,42H,3,19-20H2,1-2H3/b32-30+. The number of benzene rings is 4. The van der Waals surface area contributed by atoms with Crippen LogP contribution in [0.5, 0.6) is 5.75 Å². The number of thioether (sulfide) groups is 1. The van der Waals surface area contributed by atoms with Crippen LogP contribution < -0.4 is 9.64 Å². The zero-order valence-corrected chi connectivity index (χ0v) is 28.6. The molecule has 1 fully saturated rings. The number of aliphatic hydroxyl groups is 1.